The van der Waals surface area contributed by atoms with Crippen molar-refractivity contribution in [1.82, 2.24) is 4.90 Å². The number of carboxylic acids is 1. The van der Waals surface area contributed by atoms with Gasteiger partial charge in [-0.15, -0.1) is 0 Å². The van der Waals surface area contributed by atoms with Crippen molar-refractivity contribution in [2.75, 3.05) is 6.54 Å². The van der Waals surface area contributed by atoms with Crippen LogP contribution >= 0.6 is 12.2 Å². The van der Waals surface area contributed by atoms with E-state index in [-0.39, 0.29) is 5.91 Å². The molecule has 1 N–H and O–H groups in total. The highest BCUT2D eigenvalue weighted by Crippen LogP contribution is 2.15. The van der Waals surface area contributed by atoms with E-state index in [0.29, 0.717) is 17.8 Å². The number of carbonyl (C=O) groups is 2. The van der Waals surface area contributed by atoms with Gasteiger partial charge in [-0.3, -0.25) is 4.79 Å². The number of hydrogen-bond donors (Lipinski definition) is 1. The summed E-state index contributed by atoms with van der Waals surface area (Å²) in [6.07, 6.45) is 0.310. The molecule has 0 aromatic rings. The van der Waals surface area contributed by atoms with Crippen LogP contribution in [0.5, 0.6) is 0 Å². The zero-order valence-corrected chi connectivity index (χ0v) is 7.43. The first kappa shape index (κ1) is 9.12. The highest BCUT2D eigenvalue weighted by molar-refractivity contribution is 7.80. The van der Waals surface area contributed by atoms with Gasteiger partial charge in [0.05, 0.1) is 6.54 Å². The second-order valence-corrected chi connectivity index (χ2v) is 3.32. The van der Waals surface area contributed by atoms with E-state index in [4.69, 9.17) is 17.3 Å². The smallest absolute Gasteiger partial charge is 0.326 e. The van der Waals surface area contributed by atoms with E-state index < -0.39 is 12.0 Å². The maximum absolute atomic E-state index is 10.9. The Morgan fingerprint density at radius 2 is 2.25 bits per heavy atom. The molecule has 0 aromatic carbocycles. The molecule has 1 saturated heterocycles. The third kappa shape index (κ3) is 1.61. The Balaban J connectivity index is 2.79. The summed E-state index contributed by atoms with van der Waals surface area (Å²) < 4.78 is 0. The maximum atomic E-state index is 10.9. The molecular weight excluding hydrogens is 178 g/mol. The molecule has 0 saturated carbocycles. The van der Waals surface area contributed by atoms with E-state index in [2.05, 4.69) is 0 Å². The summed E-state index contributed by atoms with van der Waals surface area (Å²) in [6, 6.07) is -0.741. The number of hydrogen-bond acceptors (Lipinski definition) is 3. The van der Waals surface area contributed by atoms with Crippen LogP contribution < -0.4 is 0 Å². The number of amides is 1. The SMILES string of the molecule is CC(=O)N1CC(=S)C[C@H]1C(=O)O. The summed E-state index contributed by atoms with van der Waals surface area (Å²) >= 11 is 4.85. The average Bonchev–Trinajstić information content (AvgIpc) is 2.31. The van der Waals surface area contributed by atoms with Gasteiger partial charge in [-0.25, -0.2) is 4.79 Å². The topological polar surface area (TPSA) is 57.6 Å². The van der Waals surface area contributed by atoms with E-state index in [0.717, 1.165) is 0 Å². The first-order chi connectivity index (χ1) is 5.52. The molecule has 1 aliphatic heterocycles. The lowest BCUT2D eigenvalue weighted by Crippen LogP contribution is -2.39. The molecule has 1 rings (SSSR count). The van der Waals surface area contributed by atoms with Gasteiger partial charge in [0.25, 0.3) is 0 Å². The Bertz CT molecular complexity index is 227. The number of aliphatic carboxylic acids is 1. The highest BCUT2D eigenvalue weighted by Gasteiger charge is 2.34. The van der Waals surface area contributed by atoms with Gasteiger partial charge in [-0.1, -0.05) is 12.2 Å². The number of nitrogens with zero attached hydrogens (tertiary/aromatic N) is 1. The molecular formula is C7H9NO3S. The normalized spacial score (nSPS) is 22.9. The van der Waals surface area contributed by atoms with Crippen molar-refractivity contribution in [3.8, 4) is 0 Å². The lowest BCUT2D eigenvalue weighted by Gasteiger charge is -2.18. The molecule has 1 fully saturated rings. The fourth-order valence-corrected chi connectivity index (χ4v) is 1.54. The fraction of sp³-hybridized carbons (Fsp3) is 0.571. The monoisotopic (exact) mass is 187 g/mol. The number of carboxylic acid groups (broad SMARTS) is 1. The van der Waals surface area contributed by atoms with Crippen LogP contribution in [0.3, 0.4) is 0 Å². The first-order valence-corrected chi connectivity index (χ1v) is 3.95. The summed E-state index contributed by atoms with van der Waals surface area (Å²) in [4.78, 5) is 23.4. The van der Waals surface area contributed by atoms with Gasteiger partial charge in [0.2, 0.25) is 5.91 Å². The van der Waals surface area contributed by atoms with Crippen LogP contribution in [0.1, 0.15) is 13.3 Å². The molecule has 66 valence electrons. The quantitative estimate of drug-likeness (QED) is 0.590. The molecule has 4 nitrogen and oxygen atoms in total. The van der Waals surface area contributed by atoms with Gasteiger partial charge < -0.3 is 10.0 Å². The molecule has 0 bridgehead atoms. The zero-order chi connectivity index (χ0) is 9.30. The predicted octanol–water partition coefficient (Wildman–Crippen LogP) is 0.0617. The molecule has 12 heavy (non-hydrogen) atoms. The van der Waals surface area contributed by atoms with Crippen LogP contribution in [0.4, 0.5) is 0 Å². The van der Waals surface area contributed by atoms with Gasteiger partial charge in [-0.05, 0) is 0 Å². The third-order valence-corrected chi connectivity index (χ3v) is 2.13. The Morgan fingerprint density at radius 3 is 2.58 bits per heavy atom. The summed E-state index contributed by atoms with van der Waals surface area (Å²) in [7, 11) is 0. The third-order valence-electron chi connectivity index (χ3n) is 1.83. The fourth-order valence-electron chi connectivity index (χ4n) is 1.24. The van der Waals surface area contributed by atoms with Crippen LogP contribution in [0, 0.1) is 0 Å². The molecule has 5 heteroatoms. The average molecular weight is 187 g/mol. The van der Waals surface area contributed by atoms with Crippen molar-refractivity contribution >= 4 is 29.0 Å². The Hall–Kier alpha value is -0.970. The first-order valence-electron chi connectivity index (χ1n) is 3.54. The number of likely N-dealkylation sites (tertiary alicyclic amines) is 1. The van der Waals surface area contributed by atoms with Crippen molar-refractivity contribution in [2.24, 2.45) is 0 Å². The number of rotatable bonds is 1. The van der Waals surface area contributed by atoms with Crippen LogP contribution in [0.15, 0.2) is 0 Å². The van der Waals surface area contributed by atoms with Crippen LogP contribution in [-0.4, -0.2) is 39.3 Å². The van der Waals surface area contributed by atoms with Gasteiger partial charge >= 0.3 is 5.97 Å². The Labute approximate surface area is 75.2 Å². The lowest BCUT2D eigenvalue weighted by molar-refractivity contribution is -0.147. The molecule has 1 aliphatic rings. The second-order valence-electron chi connectivity index (χ2n) is 2.74. The van der Waals surface area contributed by atoms with Crippen LogP contribution in [0.25, 0.3) is 0 Å². The molecule has 0 aliphatic carbocycles. The van der Waals surface area contributed by atoms with Crippen molar-refractivity contribution in [3.63, 3.8) is 0 Å². The van der Waals surface area contributed by atoms with Crippen LogP contribution in [-0.2, 0) is 9.59 Å². The van der Waals surface area contributed by atoms with Gasteiger partial charge in [0.15, 0.2) is 0 Å². The molecule has 1 amide bonds. The molecule has 1 atom stereocenters. The summed E-state index contributed by atoms with van der Waals surface area (Å²) in [6.45, 7) is 1.66. The minimum absolute atomic E-state index is 0.234. The van der Waals surface area contributed by atoms with Gasteiger partial charge in [0, 0.05) is 18.2 Å². The maximum Gasteiger partial charge on any atom is 0.326 e. The highest BCUT2D eigenvalue weighted by atomic mass is 32.1. The largest absolute Gasteiger partial charge is 0.480 e. The minimum Gasteiger partial charge on any atom is -0.480 e. The van der Waals surface area contributed by atoms with Crippen molar-refractivity contribution < 1.29 is 14.7 Å². The molecule has 0 spiro atoms. The Morgan fingerprint density at radius 1 is 1.67 bits per heavy atom. The summed E-state index contributed by atoms with van der Waals surface area (Å²) in [5.41, 5.74) is 0. The molecule has 0 unspecified atom stereocenters. The van der Waals surface area contributed by atoms with Gasteiger partial charge in [0.1, 0.15) is 6.04 Å². The van der Waals surface area contributed by atoms with Crippen molar-refractivity contribution in [3.05, 3.63) is 0 Å². The van der Waals surface area contributed by atoms with Crippen LogP contribution in [0.2, 0.25) is 0 Å². The standard InChI is InChI=1S/C7H9NO3S/c1-4(9)8-3-5(12)2-6(8)7(10)11/h6H,2-3H2,1H3,(H,10,11)/t6-/m0/s1. The lowest BCUT2D eigenvalue weighted by atomic mass is 10.2. The van der Waals surface area contributed by atoms with E-state index in [9.17, 15) is 9.59 Å². The Kier molecular flexibility index (Phi) is 2.42. The van der Waals surface area contributed by atoms with E-state index in [1.807, 2.05) is 0 Å². The summed E-state index contributed by atoms with van der Waals surface area (Å²) in [5.74, 6) is -1.22. The van der Waals surface area contributed by atoms with E-state index in [1.54, 1.807) is 0 Å². The minimum atomic E-state index is -0.981. The second kappa shape index (κ2) is 3.18. The molecule has 0 radical (unpaired) electrons. The number of thiocarbonyl (C=S) groups is 1. The molecule has 0 aromatic heterocycles. The van der Waals surface area contributed by atoms with Crippen molar-refractivity contribution in [1.29, 1.82) is 0 Å². The van der Waals surface area contributed by atoms with E-state index in [1.165, 1.54) is 11.8 Å². The molecule has 1 heterocycles. The van der Waals surface area contributed by atoms with E-state index >= 15 is 0 Å². The predicted molar refractivity (Wildman–Crippen MR) is 46.0 cm³/mol. The zero-order valence-electron chi connectivity index (χ0n) is 6.61. The number of carbonyl (C=O) groups excluding carboxylic acids is 1. The van der Waals surface area contributed by atoms with Gasteiger partial charge in [-0.2, -0.15) is 0 Å². The summed E-state index contributed by atoms with van der Waals surface area (Å²) in [5, 5.41) is 8.70. The van der Waals surface area contributed by atoms with Crippen molar-refractivity contribution in [2.45, 2.75) is 19.4 Å².